The van der Waals surface area contributed by atoms with E-state index in [-0.39, 0.29) is 47.3 Å². The molecule has 6 heteroatoms. The Morgan fingerprint density at radius 1 is 0.473 bits per heavy atom. The molecule has 0 aliphatic carbocycles. The van der Waals surface area contributed by atoms with E-state index < -0.39 is 0 Å². The maximum absolute atomic E-state index is 14.7. The Hall–Kier alpha value is -5.88. The maximum atomic E-state index is 14.7. The summed E-state index contributed by atoms with van der Waals surface area (Å²) in [5.41, 5.74) is 7.45. The standard InChI is InChI=1S/C49H46N2O4/c1-11-29-41-37(47(53)50(46(29)52)44-30(24(2)3)14-12-15-31(44)25(4)5)22-19-35-36-20-23-39-43-38(21-18-34(42(36)43)28(10)40(35)41)48(54)51(49(39)55)45-32(26(6)7)16-13-17-33(45)27(8)9/h11-27H,10H2,1-9H3/b29-11+. The van der Waals surface area contributed by atoms with E-state index in [1.165, 1.54) is 9.80 Å². The molecule has 0 aromatic heterocycles. The molecule has 2 aliphatic rings. The molecule has 8 rings (SSSR count). The molecule has 0 radical (unpaired) electrons. The number of benzene rings is 6. The highest BCUT2D eigenvalue weighted by atomic mass is 16.2. The quantitative estimate of drug-likeness (QED) is 0.0741. The number of hydrogen-bond donors (Lipinski definition) is 0. The van der Waals surface area contributed by atoms with Gasteiger partial charge in [0.15, 0.2) is 0 Å². The lowest BCUT2D eigenvalue weighted by atomic mass is 9.81. The van der Waals surface area contributed by atoms with Crippen LogP contribution in [-0.4, -0.2) is 23.6 Å². The van der Waals surface area contributed by atoms with Crippen molar-refractivity contribution >= 4 is 79.5 Å². The van der Waals surface area contributed by atoms with Gasteiger partial charge in [-0.05, 0) is 103 Å². The zero-order valence-corrected chi connectivity index (χ0v) is 33.0. The topological polar surface area (TPSA) is 74.8 Å². The Balaban J connectivity index is 1.38. The van der Waals surface area contributed by atoms with Crippen LogP contribution in [0.5, 0.6) is 0 Å². The number of amides is 4. The van der Waals surface area contributed by atoms with Gasteiger partial charge >= 0.3 is 0 Å². The molecule has 276 valence electrons. The van der Waals surface area contributed by atoms with E-state index in [1.54, 1.807) is 12.1 Å². The molecule has 4 amide bonds. The first kappa shape index (κ1) is 36.1. The first-order valence-corrected chi connectivity index (χ1v) is 19.4. The minimum atomic E-state index is -0.369. The van der Waals surface area contributed by atoms with Crippen molar-refractivity contribution in [2.45, 2.75) is 86.0 Å². The van der Waals surface area contributed by atoms with Gasteiger partial charge in [0.1, 0.15) is 0 Å². The minimum absolute atomic E-state index is 0.0831. The highest BCUT2D eigenvalue weighted by Crippen LogP contribution is 2.46. The van der Waals surface area contributed by atoms with E-state index in [2.05, 4.69) is 62.0 Å². The third-order valence-corrected chi connectivity index (χ3v) is 11.7. The van der Waals surface area contributed by atoms with Gasteiger partial charge in [-0.2, -0.15) is 0 Å². The zero-order valence-electron chi connectivity index (χ0n) is 33.0. The molecule has 6 aromatic rings. The van der Waals surface area contributed by atoms with Crippen molar-refractivity contribution in [1.29, 1.82) is 0 Å². The van der Waals surface area contributed by atoms with Gasteiger partial charge in [-0.25, -0.2) is 9.80 Å². The molecule has 0 spiro atoms. The number of fused-ring (bicyclic) bond motifs is 4. The number of anilines is 2. The van der Waals surface area contributed by atoms with Crippen LogP contribution < -0.4 is 15.0 Å². The lowest BCUT2D eigenvalue weighted by molar-refractivity contribution is -0.112. The van der Waals surface area contributed by atoms with Crippen LogP contribution in [0.4, 0.5) is 11.4 Å². The van der Waals surface area contributed by atoms with Crippen LogP contribution in [0.3, 0.4) is 0 Å². The zero-order chi connectivity index (χ0) is 39.4. The number of imide groups is 2. The molecular weight excluding hydrogens is 681 g/mol. The van der Waals surface area contributed by atoms with Gasteiger partial charge in [0, 0.05) is 33.2 Å². The average molecular weight is 727 g/mol. The summed E-state index contributed by atoms with van der Waals surface area (Å²) in [5.74, 6) is -1.10. The number of carbonyl (C=O) groups is 4. The predicted molar refractivity (Wildman–Crippen MR) is 226 cm³/mol. The van der Waals surface area contributed by atoms with Crippen molar-refractivity contribution in [2.75, 3.05) is 9.80 Å². The third kappa shape index (κ3) is 5.00. The summed E-state index contributed by atoms with van der Waals surface area (Å²) < 4.78 is 0. The van der Waals surface area contributed by atoms with Crippen LogP contribution in [-0.2, 0) is 4.79 Å². The second kappa shape index (κ2) is 12.9. The Labute approximate surface area is 322 Å². The molecule has 0 saturated carbocycles. The second-order valence-electron chi connectivity index (χ2n) is 16.2. The van der Waals surface area contributed by atoms with Gasteiger partial charge < -0.3 is 0 Å². The lowest BCUT2D eigenvalue weighted by Gasteiger charge is -2.34. The van der Waals surface area contributed by atoms with Crippen LogP contribution >= 0.6 is 0 Å². The summed E-state index contributed by atoms with van der Waals surface area (Å²) in [4.78, 5) is 61.5. The molecule has 0 N–H and O–H groups in total. The second-order valence-corrected chi connectivity index (χ2v) is 16.2. The Morgan fingerprint density at radius 3 is 1.29 bits per heavy atom. The van der Waals surface area contributed by atoms with Gasteiger partial charge in [0.05, 0.1) is 11.4 Å². The van der Waals surface area contributed by atoms with Crippen LogP contribution in [0, 0.1) is 0 Å². The summed E-state index contributed by atoms with van der Waals surface area (Å²) in [6, 6.07) is 23.2. The van der Waals surface area contributed by atoms with Gasteiger partial charge in [-0.1, -0.05) is 123 Å². The summed E-state index contributed by atoms with van der Waals surface area (Å²) in [5, 5.41) is 5.12. The van der Waals surface area contributed by atoms with Crippen LogP contribution in [0.15, 0.2) is 78.9 Å². The molecular formula is C49H46N2O4. The van der Waals surface area contributed by atoms with Gasteiger partial charge in [-0.15, -0.1) is 0 Å². The van der Waals surface area contributed by atoms with Crippen LogP contribution in [0.25, 0.3) is 44.5 Å². The molecule has 55 heavy (non-hydrogen) atoms. The van der Waals surface area contributed by atoms with E-state index in [1.807, 2.05) is 73.7 Å². The average Bonchev–Trinajstić information content (AvgIpc) is 3.15. The fourth-order valence-corrected chi connectivity index (χ4v) is 9.05. The molecule has 0 atom stereocenters. The van der Waals surface area contributed by atoms with E-state index in [9.17, 15) is 19.2 Å². The van der Waals surface area contributed by atoms with E-state index in [0.717, 1.165) is 43.8 Å². The summed E-state index contributed by atoms with van der Waals surface area (Å²) in [7, 11) is 0. The van der Waals surface area contributed by atoms with Gasteiger partial charge in [-0.3, -0.25) is 19.2 Å². The first-order chi connectivity index (χ1) is 26.2. The monoisotopic (exact) mass is 726 g/mol. The van der Waals surface area contributed by atoms with Crippen LogP contribution in [0.2, 0.25) is 0 Å². The number of para-hydroxylation sites is 2. The van der Waals surface area contributed by atoms with E-state index in [4.69, 9.17) is 0 Å². The number of rotatable bonds is 6. The molecule has 6 nitrogen and oxygen atoms in total. The number of allylic oxidation sites excluding steroid dienone is 1. The van der Waals surface area contributed by atoms with Crippen molar-refractivity contribution in [1.82, 2.24) is 0 Å². The van der Waals surface area contributed by atoms with Gasteiger partial charge in [0.25, 0.3) is 23.6 Å². The maximum Gasteiger partial charge on any atom is 0.266 e. The molecule has 2 aliphatic heterocycles. The lowest BCUT2D eigenvalue weighted by Crippen LogP contribution is -2.43. The highest BCUT2D eigenvalue weighted by molar-refractivity contribution is 6.45. The highest BCUT2D eigenvalue weighted by Gasteiger charge is 2.41. The Bertz CT molecular complexity index is 2710. The van der Waals surface area contributed by atoms with Crippen molar-refractivity contribution in [3.8, 4) is 0 Å². The van der Waals surface area contributed by atoms with E-state index >= 15 is 0 Å². The number of hydrogen-bond acceptors (Lipinski definition) is 4. The summed E-state index contributed by atoms with van der Waals surface area (Å²) in [6.07, 6.45) is 1.79. The summed E-state index contributed by atoms with van der Waals surface area (Å²) >= 11 is 0. The smallest absolute Gasteiger partial charge is 0.266 e. The molecule has 6 aromatic carbocycles. The summed E-state index contributed by atoms with van der Waals surface area (Å²) in [6.45, 7) is 23.0. The Kier molecular flexibility index (Phi) is 8.45. The number of carbonyl (C=O) groups excluding carboxylic acids is 4. The molecule has 2 heterocycles. The third-order valence-electron chi connectivity index (χ3n) is 11.7. The largest absolute Gasteiger partial charge is 0.268 e. The Morgan fingerprint density at radius 2 is 0.855 bits per heavy atom. The normalized spacial score (nSPS) is 15.5. The molecule has 0 saturated heterocycles. The first-order valence-electron chi connectivity index (χ1n) is 19.4. The van der Waals surface area contributed by atoms with Crippen molar-refractivity contribution < 1.29 is 19.2 Å². The van der Waals surface area contributed by atoms with Crippen molar-refractivity contribution in [3.63, 3.8) is 0 Å². The van der Waals surface area contributed by atoms with E-state index in [0.29, 0.717) is 55.2 Å². The number of nitrogens with zero attached hydrogens (tertiary/aromatic N) is 2. The fourth-order valence-electron chi connectivity index (χ4n) is 9.05. The molecule has 0 bridgehead atoms. The molecule has 0 fully saturated rings. The minimum Gasteiger partial charge on any atom is -0.268 e. The predicted octanol–water partition coefficient (Wildman–Crippen LogP) is 11.2. The fraction of sp³-hybridized carbons (Fsp3) is 0.265. The van der Waals surface area contributed by atoms with Crippen molar-refractivity contribution in [3.05, 3.63) is 129 Å². The SMILES string of the molecule is C=c1c2ccc3c4c(ccc(c5ccc6c(c15)/C(=C\C)C(=O)N(c1c(C(C)C)cccc1C(C)C)C6=O)c42)C(=O)N(c1c(C(C)C)cccc1C(C)C)C3=O. The van der Waals surface area contributed by atoms with Crippen LogP contribution in [0.1, 0.15) is 145 Å². The van der Waals surface area contributed by atoms with Crippen molar-refractivity contribution in [2.24, 2.45) is 0 Å². The molecule has 0 unspecified atom stereocenters. The van der Waals surface area contributed by atoms with Gasteiger partial charge in [0.2, 0.25) is 0 Å².